The van der Waals surface area contributed by atoms with Crippen LogP contribution in [0.4, 0.5) is 0 Å². The number of amides is 3. The Kier molecular flexibility index (Phi) is 8.57. The van der Waals surface area contributed by atoms with Crippen LogP contribution in [0, 0.1) is 0 Å². The average Bonchev–Trinajstić information content (AvgIpc) is 3.52. The number of carbonyl (C=O) groups excluding carboxylic acids is 4. The molecule has 1 saturated heterocycles. The molecular formula is C28H37N5O6. The molecule has 11 heteroatoms. The molecule has 11 nitrogen and oxygen atoms in total. The lowest BCUT2D eigenvalue weighted by molar-refractivity contribution is -0.156. The van der Waals surface area contributed by atoms with Crippen molar-refractivity contribution in [2.24, 2.45) is 0 Å². The van der Waals surface area contributed by atoms with Gasteiger partial charge in [0.2, 0.25) is 11.8 Å². The lowest BCUT2D eigenvalue weighted by atomic mass is 9.93. The molecule has 2 aromatic rings. The zero-order valence-corrected chi connectivity index (χ0v) is 22.9. The Morgan fingerprint density at radius 3 is 2.44 bits per heavy atom. The molecule has 2 heterocycles. The molecule has 2 N–H and O–H groups in total. The lowest BCUT2D eigenvalue weighted by Crippen LogP contribution is -2.51. The van der Waals surface area contributed by atoms with Crippen LogP contribution < -0.4 is 15.4 Å². The third-order valence-corrected chi connectivity index (χ3v) is 6.69. The third-order valence-electron chi connectivity index (χ3n) is 6.69. The highest BCUT2D eigenvalue weighted by Crippen LogP contribution is 2.23. The number of carbonyl (C=O) groups is 4. The number of para-hydroxylation sites is 1. The summed E-state index contributed by atoms with van der Waals surface area (Å²) in [5.74, 6) is -1.41. The van der Waals surface area contributed by atoms with Crippen LogP contribution in [0.2, 0.25) is 0 Å². The van der Waals surface area contributed by atoms with Crippen LogP contribution in [0.15, 0.2) is 36.4 Å². The van der Waals surface area contributed by atoms with Crippen molar-refractivity contribution in [3.8, 4) is 11.6 Å². The molecule has 1 saturated carbocycles. The minimum absolute atomic E-state index is 0.00985. The maximum Gasteiger partial charge on any atom is 0.328 e. The normalized spacial score (nSPS) is 18.2. The predicted octanol–water partition coefficient (Wildman–Crippen LogP) is 2.37. The van der Waals surface area contributed by atoms with Gasteiger partial charge in [-0.05, 0) is 71.9 Å². The van der Waals surface area contributed by atoms with Gasteiger partial charge in [0.05, 0.1) is 5.69 Å². The number of hydrogen-bond acceptors (Lipinski definition) is 7. The van der Waals surface area contributed by atoms with Gasteiger partial charge in [-0.1, -0.05) is 18.2 Å². The van der Waals surface area contributed by atoms with E-state index in [9.17, 15) is 19.2 Å². The molecule has 1 aromatic heterocycles. The van der Waals surface area contributed by atoms with Crippen molar-refractivity contribution < 1.29 is 28.7 Å². The fourth-order valence-corrected chi connectivity index (χ4v) is 4.46. The van der Waals surface area contributed by atoms with Gasteiger partial charge in [0, 0.05) is 18.7 Å². The van der Waals surface area contributed by atoms with E-state index in [0.29, 0.717) is 18.7 Å². The molecule has 210 valence electrons. The van der Waals surface area contributed by atoms with Crippen LogP contribution in [0.3, 0.4) is 0 Å². The number of nitrogens with one attached hydrogen (secondary N) is 2. The number of aromatic nitrogens is 2. The SMILES string of the molecule is CC(NC(=O)c1cc(OCC(=O)N2CCCC2C(=O)NC2CCC2)n(-c2ccccc2)n1)C(=O)OC(C)(C)C. The molecule has 4 rings (SSSR count). The zero-order valence-electron chi connectivity index (χ0n) is 22.9. The molecule has 2 unspecified atom stereocenters. The topological polar surface area (TPSA) is 132 Å². The van der Waals surface area contributed by atoms with Gasteiger partial charge >= 0.3 is 5.97 Å². The first-order chi connectivity index (χ1) is 18.5. The number of rotatable bonds is 9. The number of ether oxygens (including phenoxy) is 2. The van der Waals surface area contributed by atoms with E-state index in [1.807, 2.05) is 18.2 Å². The fourth-order valence-electron chi connectivity index (χ4n) is 4.46. The number of nitrogens with zero attached hydrogens (tertiary/aromatic N) is 3. The van der Waals surface area contributed by atoms with Gasteiger partial charge in [-0.2, -0.15) is 5.10 Å². The number of esters is 1. The summed E-state index contributed by atoms with van der Waals surface area (Å²) in [6.45, 7) is 6.94. The maximum atomic E-state index is 13.1. The monoisotopic (exact) mass is 539 g/mol. The average molecular weight is 540 g/mol. The van der Waals surface area contributed by atoms with Gasteiger partial charge in [-0.15, -0.1) is 0 Å². The first-order valence-electron chi connectivity index (χ1n) is 13.4. The molecule has 1 aliphatic carbocycles. The third kappa shape index (κ3) is 7.15. The molecule has 39 heavy (non-hydrogen) atoms. The highest BCUT2D eigenvalue weighted by molar-refractivity contribution is 5.95. The number of likely N-dealkylation sites (tertiary alicyclic amines) is 1. The van der Waals surface area contributed by atoms with Crippen LogP contribution in [-0.2, 0) is 19.1 Å². The van der Waals surface area contributed by atoms with Gasteiger partial charge < -0.3 is 25.0 Å². The van der Waals surface area contributed by atoms with E-state index < -0.39 is 29.6 Å². The van der Waals surface area contributed by atoms with E-state index in [4.69, 9.17) is 9.47 Å². The Bertz CT molecular complexity index is 1200. The van der Waals surface area contributed by atoms with E-state index in [0.717, 1.165) is 25.7 Å². The Morgan fingerprint density at radius 2 is 1.79 bits per heavy atom. The Balaban J connectivity index is 1.45. The molecule has 1 aliphatic heterocycles. The predicted molar refractivity (Wildman–Crippen MR) is 142 cm³/mol. The van der Waals surface area contributed by atoms with E-state index in [1.165, 1.54) is 17.7 Å². The molecule has 2 fully saturated rings. The first-order valence-corrected chi connectivity index (χ1v) is 13.4. The van der Waals surface area contributed by atoms with Gasteiger partial charge in [-0.25, -0.2) is 9.48 Å². The molecule has 0 spiro atoms. The first kappa shape index (κ1) is 28.1. The van der Waals surface area contributed by atoms with Crippen molar-refractivity contribution in [2.45, 2.75) is 83.5 Å². The molecule has 2 atom stereocenters. The summed E-state index contributed by atoms with van der Waals surface area (Å²) in [6, 6.07) is 9.25. The summed E-state index contributed by atoms with van der Waals surface area (Å²) in [7, 11) is 0. The van der Waals surface area contributed by atoms with Crippen LogP contribution in [-0.4, -0.2) is 75.2 Å². The van der Waals surface area contributed by atoms with Crippen LogP contribution >= 0.6 is 0 Å². The van der Waals surface area contributed by atoms with Crippen LogP contribution in [0.25, 0.3) is 5.69 Å². The van der Waals surface area contributed by atoms with Crippen molar-refractivity contribution in [2.75, 3.05) is 13.2 Å². The molecule has 2 aliphatic rings. The van der Waals surface area contributed by atoms with Crippen molar-refractivity contribution >= 4 is 23.7 Å². The minimum atomic E-state index is -0.900. The summed E-state index contributed by atoms with van der Waals surface area (Å²) in [6.07, 6.45) is 4.43. The summed E-state index contributed by atoms with van der Waals surface area (Å²) >= 11 is 0. The number of benzene rings is 1. The molecule has 0 radical (unpaired) electrons. The molecular weight excluding hydrogens is 502 g/mol. The Morgan fingerprint density at radius 1 is 1.08 bits per heavy atom. The van der Waals surface area contributed by atoms with Gasteiger partial charge in [0.15, 0.2) is 12.3 Å². The zero-order chi connectivity index (χ0) is 28.2. The number of hydrogen-bond donors (Lipinski definition) is 2. The highest BCUT2D eigenvalue weighted by Gasteiger charge is 2.36. The summed E-state index contributed by atoms with van der Waals surface area (Å²) < 4.78 is 12.6. The minimum Gasteiger partial charge on any atom is -0.467 e. The Labute approximate surface area is 228 Å². The van der Waals surface area contributed by atoms with E-state index >= 15 is 0 Å². The standard InChI is InChI=1S/C28H37N5O6/c1-18(27(37)39-28(2,3)4)29-25(35)21-16-24(33(31-21)20-12-6-5-7-13-20)38-17-23(34)32-15-9-14-22(32)26(36)30-19-10-8-11-19/h5-7,12-13,16,18-19,22H,8-11,14-15,17H2,1-4H3,(H,29,35)(H,30,36). The molecule has 1 aromatic carbocycles. The van der Waals surface area contributed by atoms with E-state index in [2.05, 4.69) is 15.7 Å². The van der Waals surface area contributed by atoms with Crippen LogP contribution in [0.5, 0.6) is 5.88 Å². The largest absolute Gasteiger partial charge is 0.467 e. The quantitative estimate of drug-likeness (QED) is 0.468. The van der Waals surface area contributed by atoms with Gasteiger partial charge in [0.1, 0.15) is 17.7 Å². The van der Waals surface area contributed by atoms with E-state index in [1.54, 1.807) is 37.8 Å². The maximum absolute atomic E-state index is 13.1. The Hall–Kier alpha value is -3.89. The van der Waals surface area contributed by atoms with Crippen molar-refractivity contribution in [3.05, 3.63) is 42.1 Å². The van der Waals surface area contributed by atoms with Gasteiger partial charge in [0.25, 0.3) is 11.8 Å². The molecule has 3 amide bonds. The second-order valence-corrected chi connectivity index (χ2v) is 11.0. The molecule has 0 bridgehead atoms. The van der Waals surface area contributed by atoms with Crippen LogP contribution in [0.1, 0.15) is 70.3 Å². The fraction of sp³-hybridized carbons (Fsp3) is 0.536. The van der Waals surface area contributed by atoms with Crippen molar-refractivity contribution in [3.63, 3.8) is 0 Å². The summed E-state index contributed by atoms with van der Waals surface area (Å²) in [5, 5.41) is 10.0. The second-order valence-electron chi connectivity index (χ2n) is 11.0. The highest BCUT2D eigenvalue weighted by atomic mass is 16.6. The van der Waals surface area contributed by atoms with Crippen molar-refractivity contribution in [1.29, 1.82) is 0 Å². The second kappa shape index (κ2) is 11.9. The van der Waals surface area contributed by atoms with E-state index in [-0.39, 0.29) is 36.0 Å². The lowest BCUT2D eigenvalue weighted by Gasteiger charge is -2.30. The van der Waals surface area contributed by atoms with Crippen molar-refractivity contribution in [1.82, 2.24) is 25.3 Å². The smallest absolute Gasteiger partial charge is 0.328 e. The van der Waals surface area contributed by atoms with Gasteiger partial charge in [-0.3, -0.25) is 14.4 Å². The summed E-state index contributed by atoms with van der Waals surface area (Å²) in [4.78, 5) is 52.6. The summed E-state index contributed by atoms with van der Waals surface area (Å²) in [5.41, 5.74) is -0.0566.